The standard InChI is InChI=1S/C12H21N3O/c1-3-5-15-8-10(7-14-15)11(13)12-9(2)4-6-16-12/h7-9,11-12H,3-6,13H2,1-2H3. The molecule has 4 heteroatoms. The first-order valence-electron chi connectivity index (χ1n) is 6.12. The molecule has 0 bridgehead atoms. The highest BCUT2D eigenvalue weighted by molar-refractivity contribution is 5.12. The van der Waals surface area contributed by atoms with E-state index < -0.39 is 0 Å². The fraction of sp³-hybridized carbons (Fsp3) is 0.750. The number of aryl methyl sites for hydroxylation is 1. The van der Waals surface area contributed by atoms with E-state index in [1.54, 1.807) is 0 Å². The molecule has 1 saturated heterocycles. The molecular formula is C12H21N3O. The molecule has 90 valence electrons. The Labute approximate surface area is 96.8 Å². The van der Waals surface area contributed by atoms with Crippen LogP contribution in [0.3, 0.4) is 0 Å². The smallest absolute Gasteiger partial charge is 0.0795 e. The molecule has 16 heavy (non-hydrogen) atoms. The van der Waals surface area contributed by atoms with Gasteiger partial charge in [-0.1, -0.05) is 13.8 Å². The van der Waals surface area contributed by atoms with Crippen molar-refractivity contribution >= 4 is 0 Å². The number of hydrogen-bond donors (Lipinski definition) is 1. The van der Waals surface area contributed by atoms with Crippen molar-refractivity contribution in [3.05, 3.63) is 18.0 Å². The molecule has 3 unspecified atom stereocenters. The highest BCUT2D eigenvalue weighted by Gasteiger charge is 2.31. The maximum Gasteiger partial charge on any atom is 0.0795 e. The van der Waals surface area contributed by atoms with Gasteiger partial charge in [0.15, 0.2) is 0 Å². The summed E-state index contributed by atoms with van der Waals surface area (Å²) in [7, 11) is 0. The summed E-state index contributed by atoms with van der Waals surface area (Å²) in [5, 5.41) is 4.30. The van der Waals surface area contributed by atoms with E-state index in [1.807, 2.05) is 17.1 Å². The lowest BCUT2D eigenvalue weighted by atomic mass is 9.95. The number of rotatable bonds is 4. The second-order valence-corrected chi connectivity index (χ2v) is 4.66. The lowest BCUT2D eigenvalue weighted by molar-refractivity contribution is 0.0724. The zero-order valence-corrected chi connectivity index (χ0v) is 10.1. The van der Waals surface area contributed by atoms with E-state index >= 15 is 0 Å². The number of ether oxygens (including phenoxy) is 1. The highest BCUT2D eigenvalue weighted by Crippen LogP contribution is 2.29. The minimum Gasteiger partial charge on any atom is -0.376 e. The van der Waals surface area contributed by atoms with Crippen LogP contribution < -0.4 is 5.73 Å². The number of aromatic nitrogens is 2. The predicted molar refractivity (Wildman–Crippen MR) is 63.0 cm³/mol. The molecule has 1 aromatic rings. The van der Waals surface area contributed by atoms with Gasteiger partial charge in [-0.25, -0.2) is 0 Å². The number of nitrogens with zero attached hydrogens (tertiary/aromatic N) is 2. The summed E-state index contributed by atoms with van der Waals surface area (Å²) < 4.78 is 7.64. The predicted octanol–water partition coefficient (Wildman–Crippen LogP) is 1.72. The lowest BCUT2D eigenvalue weighted by Crippen LogP contribution is -2.29. The average molecular weight is 223 g/mol. The van der Waals surface area contributed by atoms with Crippen LogP contribution in [0.5, 0.6) is 0 Å². The highest BCUT2D eigenvalue weighted by atomic mass is 16.5. The maximum absolute atomic E-state index is 6.22. The zero-order valence-electron chi connectivity index (χ0n) is 10.1. The van der Waals surface area contributed by atoms with Gasteiger partial charge >= 0.3 is 0 Å². The van der Waals surface area contributed by atoms with E-state index in [1.165, 1.54) is 0 Å². The molecule has 1 fully saturated rings. The summed E-state index contributed by atoms with van der Waals surface area (Å²) in [6, 6.07) is -0.0388. The average Bonchev–Trinajstić information content (AvgIpc) is 2.87. The fourth-order valence-corrected chi connectivity index (χ4v) is 2.27. The van der Waals surface area contributed by atoms with Gasteiger partial charge in [0.1, 0.15) is 0 Å². The Morgan fingerprint density at radius 1 is 1.69 bits per heavy atom. The number of nitrogens with two attached hydrogens (primary N) is 1. The molecule has 1 aliphatic heterocycles. The monoisotopic (exact) mass is 223 g/mol. The van der Waals surface area contributed by atoms with Crippen molar-refractivity contribution in [2.45, 2.75) is 45.4 Å². The Balaban J connectivity index is 2.04. The molecule has 2 N–H and O–H groups in total. The van der Waals surface area contributed by atoms with Gasteiger partial charge in [-0.05, 0) is 18.8 Å². The van der Waals surface area contributed by atoms with Gasteiger partial charge < -0.3 is 10.5 Å². The van der Waals surface area contributed by atoms with Crippen LogP contribution in [0, 0.1) is 5.92 Å². The van der Waals surface area contributed by atoms with Crippen LogP contribution in [0.15, 0.2) is 12.4 Å². The van der Waals surface area contributed by atoms with Crippen molar-refractivity contribution in [3.8, 4) is 0 Å². The second-order valence-electron chi connectivity index (χ2n) is 4.66. The molecular weight excluding hydrogens is 202 g/mol. The summed E-state index contributed by atoms with van der Waals surface area (Å²) in [5.74, 6) is 0.546. The van der Waals surface area contributed by atoms with Crippen LogP contribution in [0.2, 0.25) is 0 Å². The quantitative estimate of drug-likeness (QED) is 0.845. The van der Waals surface area contributed by atoms with Crippen LogP contribution >= 0.6 is 0 Å². The first kappa shape index (κ1) is 11.6. The largest absolute Gasteiger partial charge is 0.376 e. The lowest BCUT2D eigenvalue weighted by Gasteiger charge is -2.21. The summed E-state index contributed by atoms with van der Waals surface area (Å²) in [6.07, 6.45) is 6.27. The molecule has 2 heterocycles. The Morgan fingerprint density at radius 3 is 3.12 bits per heavy atom. The van der Waals surface area contributed by atoms with Crippen molar-refractivity contribution in [3.63, 3.8) is 0 Å². The van der Waals surface area contributed by atoms with Gasteiger partial charge in [-0.2, -0.15) is 5.10 Å². The molecule has 4 nitrogen and oxygen atoms in total. The van der Waals surface area contributed by atoms with Gasteiger partial charge in [0.2, 0.25) is 0 Å². The van der Waals surface area contributed by atoms with E-state index in [0.29, 0.717) is 5.92 Å². The first-order valence-corrected chi connectivity index (χ1v) is 6.12. The Kier molecular flexibility index (Phi) is 3.61. The normalized spacial score (nSPS) is 27.2. The Bertz CT molecular complexity index is 337. The SMILES string of the molecule is CCCn1cc(C(N)C2OCCC2C)cn1. The van der Waals surface area contributed by atoms with Gasteiger partial charge in [0, 0.05) is 24.9 Å². The molecule has 0 spiro atoms. The Hall–Kier alpha value is -0.870. The number of hydrogen-bond acceptors (Lipinski definition) is 3. The van der Waals surface area contributed by atoms with Crippen LogP contribution in [-0.2, 0) is 11.3 Å². The molecule has 0 radical (unpaired) electrons. The van der Waals surface area contributed by atoms with E-state index in [9.17, 15) is 0 Å². The van der Waals surface area contributed by atoms with Crippen molar-refractivity contribution in [2.75, 3.05) is 6.61 Å². The molecule has 1 aromatic heterocycles. The molecule has 2 rings (SSSR count). The molecule has 0 saturated carbocycles. The van der Waals surface area contributed by atoms with Gasteiger partial charge in [0.25, 0.3) is 0 Å². The van der Waals surface area contributed by atoms with Crippen LogP contribution in [0.25, 0.3) is 0 Å². The van der Waals surface area contributed by atoms with Crippen LogP contribution in [-0.4, -0.2) is 22.5 Å². The molecule has 3 atom stereocenters. The third kappa shape index (κ3) is 2.28. The second kappa shape index (κ2) is 4.97. The molecule has 0 aromatic carbocycles. The van der Waals surface area contributed by atoms with Gasteiger partial charge in [0.05, 0.1) is 18.3 Å². The topological polar surface area (TPSA) is 53.1 Å². The minimum atomic E-state index is -0.0388. The van der Waals surface area contributed by atoms with Crippen molar-refractivity contribution in [2.24, 2.45) is 11.7 Å². The summed E-state index contributed by atoms with van der Waals surface area (Å²) >= 11 is 0. The molecule has 0 aliphatic carbocycles. The van der Waals surface area contributed by atoms with E-state index in [-0.39, 0.29) is 12.1 Å². The van der Waals surface area contributed by atoms with Crippen molar-refractivity contribution in [1.29, 1.82) is 0 Å². The summed E-state index contributed by atoms with van der Waals surface area (Å²) in [6.45, 7) is 6.13. The zero-order chi connectivity index (χ0) is 11.5. The van der Waals surface area contributed by atoms with Gasteiger partial charge in [-0.3, -0.25) is 4.68 Å². The first-order chi connectivity index (χ1) is 7.72. The summed E-state index contributed by atoms with van der Waals surface area (Å²) in [4.78, 5) is 0. The third-order valence-corrected chi connectivity index (χ3v) is 3.29. The molecule has 0 amide bonds. The maximum atomic E-state index is 6.22. The van der Waals surface area contributed by atoms with E-state index in [2.05, 4.69) is 18.9 Å². The van der Waals surface area contributed by atoms with Gasteiger partial charge in [-0.15, -0.1) is 0 Å². The van der Waals surface area contributed by atoms with Crippen LogP contribution in [0.1, 0.15) is 38.3 Å². The van der Waals surface area contributed by atoms with E-state index in [0.717, 1.165) is 31.6 Å². The fourth-order valence-electron chi connectivity index (χ4n) is 2.27. The Morgan fingerprint density at radius 2 is 2.50 bits per heavy atom. The minimum absolute atomic E-state index is 0.0388. The van der Waals surface area contributed by atoms with E-state index in [4.69, 9.17) is 10.5 Å². The third-order valence-electron chi connectivity index (χ3n) is 3.29. The molecule has 1 aliphatic rings. The summed E-state index contributed by atoms with van der Waals surface area (Å²) in [5.41, 5.74) is 7.31. The van der Waals surface area contributed by atoms with Crippen molar-refractivity contribution in [1.82, 2.24) is 9.78 Å². The van der Waals surface area contributed by atoms with Crippen molar-refractivity contribution < 1.29 is 4.74 Å². The van der Waals surface area contributed by atoms with Crippen LogP contribution in [0.4, 0.5) is 0 Å².